The highest BCUT2D eigenvalue weighted by molar-refractivity contribution is 5.85. The Bertz CT molecular complexity index is 990. The van der Waals surface area contributed by atoms with E-state index in [4.69, 9.17) is 0 Å². The van der Waals surface area contributed by atoms with Crippen molar-refractivity contribution in [3.63, 3.8) is 0 Å². The van der Waals surface area contributed by atoms with Crippen molar-refractivity contribution in [1.29, 1.82) is 0 Å². The summed E-state index contributed by atoms with van der Waals surface area (Å²) < 4.78 is 0. The van der Waals surface area contributed by atoms with E-state index in [-0.39, 0.29) is 0 Å². The van der Waals surface area contributed by atoms with Crippen molar-refractivity contribution in [3.8, 4) is 22.3 Å². The number of para-hydroxylation sites is 1. The summed E-state index contributed by atoms with van der Waals surface area (Å²) in [5.74, 6) is 0. The minimum atomic E-state index is 1.09. The van der Waals surface area contributed by atoms with E-state index in [0.29, 0.717) is 0 Å². The second-order valence-corrected chi connectivity index (χ2v) is 6.39. The van der Waals surface area contributed by atoms with Crippen molar-refractivity contribution in [3.05, 3.63) is 122 Å². The van der Waals surface area contributed by atoms with E-state index in [1.807, 2.05) is 31.2 Å². The number of nitrogens with one attached hydrogen (secondary N) is 1. The Morgan fingerprint density at radius 1 is 0.607 bits per heavy atom. The summed E-state index contributed by atoms with van der Waals surface area (Å²) >= 11 is 0. The highest BCUT2D eigenvalue weighted by atomic mass is 14.9. The summed E-state index contributed by atoms with van der Waals surface area (Å²) in [6.45, 7) is 5.25. The van der Waals surface area contributed by atoms with Gasteiger partial charge in [0.05, 0.1) is 0 Å². The van der Waals surface area contributed by atoms with Crippen molar-refractivity contribution in [1.82, 2.24) is 0 Å². The molecule has 28 heavy (non-hydrogen) atoms. The Morgan fingerprint density at radius 2 is 1.11 bits per heavy atom. The zero-order valence-electron chi connectivity index (χ0n) is 16.2. The molecule has 0 aliphatic heterocycles. The average molecular weight is 364 g/mol. The van der Waals surface area contributed by atoms with Gasteiger partial charge in [-0.1, -0.05) is 91.0 Å². The first-order valence-corrected chi connectivity index (χ1v) is 9.46. The molecular formula is C27H25N. The highest BCUT2D eigenvalue weighted by Crippen LogP contribution is 2.34. The fraction of sp³-hybridized carbons (Fsp3) is 0.0370. The first kappa shape index (κ1) is 19.2. The van der Waals surface area contributed by atoms with E-state index in [1.165, 1.54) is 22.3 Å². The largest absolute Gasteiger partial charge is 0.355 e. The minimum absolute atomic E-state index is 1.09. The molecule has 4 rings (SSSR count). The van der Waals surface area contributed by atoms with Crippen LogP contribution in [-0.2, 0) is 0 Å². The van der Waals surface area contributed by atoms with Gasteiger partial charge in [-0.25, -0.2) is 0 Å². The molecule has 0 saturated heterocycles. The SMILES string of the molecule is C=CC.c1ccc(Nc2ccc(-c3ccccc3)cc2-c2ccccc2)cc1. The maximum absolute atomic E-state index is 3.55. The third-order valence-corrected chi connectivity index (χ3v) is 4.26. The zero-order valence-corrected chi connectivity index (χ0v) is 16.2. The molecule has 0 aromatic heterocycles. The number of allylic oxidation sites excluding steroid dienone is 1. The summed E-state index contributed by atoms with van der Waals surface area (Å²) in [7, 11) is 0. The number of benzene rings is 4. The van der Waals surface area contributed by atoms with Crippen molar-refractivity contribution >= 4 is 11.4 Å². The lowest BCUT2D eigenvalue weighted by Crippen LogP contribution is -1.94. The van der Waals surface area contributed by atoms with Gasteiger partial charge in [-0.05, 0) is 47.9 Å². The lowest BCUT2D eigenvalue weighted by molar-refractivity contribution is 1.52. The smallest absolute Gasteiger partial charge is 0.0464 e. The van der Waals surface area contributed by atoms with Crippen molar-refractivity contribution in [2.75, 3.05) is 5.32 Å². The lowest BCUT2D eigenvalue weighted by atomic mass is 9.97. The van der Waals surface area contributed by atoms with Crippen LogP contribution in [-0.4, -0.2) is 0 Å². The quantitative estimate of drug-likeness (QED) is 0.363. The molecule has 1 nitrogen and oxygen atoms in total. The van der Waals surface area contributed by atoms with Crippen LogP contribution in [0.5, 0.6) is 0 Å². The van der Waals surface area contributed by atoms with Crippen LogP contribution in [0.4, 0.5) is 11.4 Å². The predicted molar refractivity (Wildman–Crippen MR) is 123 cm³/mol. The standard InChI is InChI=1S/C24H19N.C3H6/c1-4-10-19(11-5-1)21-16-17-24(25-22-14-8-3-9-15-22)23(18-21)20-12-6-2-7-13-20;1-3-2/h1-18,25H;3H,1H2,2H3. The van der Waals surface area contributed by atoms with Gasteiger partial charge < -0.3 is 5.32 Å². The second kappa shape index (κ2) is 9.94. The molecule has 0 atom stereocenters. The van der Waals surface area contributed by atoms with Gasteiger partial charge >= 0.3 is 0 Å². The Balaban J connectivity index is 0.000000706. The summed E-state index contributed by atoms with van der Waals surface area (Å²) in [5.41, 5.74) is 7.05. The lowest BCUT2D eigenvalue weighted by Gasteiger charge is -2.14. The number of rotatable bonds is 4. The molecule has 1 heteroatoms. The summed E-state index contributed by atoms with van der Waals surface area (Å²) in [4.78, 5) is 0. The van der Waals surface area contributed by atoms with Gasteiger partial charge in [0.25, 0.3) is 0 Å². The molecule has 1 N–H and O–H groups in total. The molecule has 0 bridgehead atoms. The van der Waals surface area contributed by atoms with Gasteiger partial charge in [0.15, 0.2) is 0 Å². The molecule has 0 aliphatic rings. The van der Waals surface area contributed by atoms with Crippen LogP contribution in [0.25, 0.3) is 22.3 Å². The Hall–Kier alpha value is -3.58. The molecule has 0 unspecified atom stereocenters. The molecule has 0 amide bonds. The van der Waals surface area contributed by atoms with E-state index in [0.717, 1.165) is 11.4 Å². The molecule has 138 valence electrons. The third-order valence-electron chi connectivity index (χ3n) is 4.26. The summed E-state index contributed by atoms with van der Waals surface area (Å²) in [6, 6.07) is 37.9. The van der Waals surface area contributed by atoms with Crippen molar-refractivity contribution in [2.24, 2.45) is 0 Å². The maximum atomic E-state index is 3.55. The van der Waals surface area contributed by atoms with Crippen LogP contribution in [0.15, 0.2) is 122 Å². The summed E-state index contributed by atoms with van der Waals surface area (Å²) in [5, 5.41) is 3.55. The number of anilines is 2. The molecule has 0 aliphatic carbocycles. The zero-order chi connectivity index (χ0) is 19.6. The monoisotopic (exact) mass is 363 g/mol. The maximum Gasteiger partial charge on any atom is 0.0464 e. The van der Waals surface area contributed by atoms with Crippen LogP contribution in [0.3, 0.4) is 0 Å². The van der Waals surface area contributed by atoms with Crippen LogP contribution in [0.2, 0.25) is 0 Å². The number of hydrogen-bond donors (Lipinski definition) is 1. The van der Waals surface area contributed by atoms with Crippen LogP contribution in [0.1, 0.15) is 6.92 Å². The molecule has 0 fully saturated rings. The third kappa shape index (κ3) is 4.99. The van der Waals surface area contributed by atoms with E-state index >= 15 is 0 Å². The molecular weight excluding hydrogens is 338 g/mol. The molecule has 4 aromatic carbocycles. The topological polar surface area (TPSA) is 12.0 Å². The van der Waals surface area contributed by atoms with Gasteiger partial charge in [-0.3, -0.25) is 0 Å². The van der Waals surface area contributed by atoms with Gasteiger partial charge in [-0.2, -0.15) is 0 Å². The minimum Gasteiger partial charge on any atom is -0.355 e. The molecule has 4 aromatic rings. The van der Waals surface area contributed by atoms with Crippen LogP contribution < -0.4 is 5.32 Å². The van der Waals surface area contributed by atoms with Crippen LogP contribution >= 0.6 is 0 Å². The van der Waals surface area contributed by atoms with Gasteiger partial charge in [0.2, 0.25) is 0 Å². The fourth-order valence-corrected chi connectivity index (χ4v) is 3.00. The first-order chi connectivity index (χ1) is 13.8. The van der Waals surface area contributed by atoms with E-state index in [1.54, 1.807) is 6.08 Å². The Kier molecular flexibility index (Phi) is 6.81. The summed E-state index contributed by atoms with van der Waals surface area (Å²) in [6.07, 6.45) is 1.75. The van der Waals surface area contributed by atoms with Crippen molar-refractivity contribution in [2.45, 2.75) is 6.92 Å². The van der Waals surface area contributed by atoms with Crippen LogP contribution in [0, 0.1) is 0 Å². The Labute approximate surface area is 168 Å². The van der Waals surface area contributed by atoms with E-state index in [9.17, 15) is 0 Å². The number of hydrogen-bond acceptors (Lipinski definition) is 1. The molecule has 0 heterocycles. The molecule has 0 saturated carbocycles. The van der Waals surface area contributed by atoms with E-state index < -0.39 is 0 Å². The predicted octanol–water partition coefficient (Wildman–Crippen LogP) is 7.96. The van der Waals surface area contributed by atoms with Gasteiger partial charge in [0, 0.05) is 16.9 Å². The first-order valence-electron chi connectivity index (χ1n) is 9.46. The average Bonchev–Trinajstić information content (AvgIpc) is 2.77. The van der Waals surface area contributed by atoms with E-state index in [2.05, 4.69) is 96.8 Å². The van der Waals surface area contributed by atoms with Gasteiger partial charge in [-0.15, -0.1) is 6.58 Å². The fourth-order valence-electron chi connectivity index (χ4n) is 3.00. The second-order valence-electron chi connectivity index (χ2n) is 6.39. The van der Waals surface area contributed by atoms with Crippen molar-refractivity contribution < 1.29 is 0 Å². The molecule has 0 spiro atoms. The van der Waals surface area contributed by atoms with Gasteiger partial charge in [0.1, 0.15) is 0 Å². The normalized spacial score (nSPS) is 9.75. The Morgan fingerprint density at radius 3 is 1.68 bits per heavy atom. The molecule has 0 radical (unpaired) electrons. The highest BCUT2D eigenvalue weighted by Gasteiger charge is 2.08.